The molecule has 0 radical (unpaired) electrons. The zero-order chi connectivity index (χ0) is 19.5. The van der Waals surface area contributed by atoms with Gasteiger partial charge in [0, 0.05) is 5.92 Å². The molecule has 0 aromatic rings. The third kappa shape index (κ3) is 1.86. The molecule has 0 aromatic heterocycles. The molecule has 6 heteroatoms. The van der Waals surface area contributed by atoms with Gasteiger partial charge in [-0.2, -0.15) is 0 Å². The van der Waals surface area contributed by atoms with Gasteiger partial charge in [-0.15, -0.1) is 0 Å². The summed E-state index contributed by atoms with van der Waals surface area (Å²) in [4.78, 5) is 14.0. The van der Waals surface area contributed by atoms with Crippen molar-refractivity contribution in [1.29, 1.82) is 0 Å². The Morgan fingerprint density at radius 3 is 2.67 bits per heavy atom. The molecule has 0 amide bonds. The lowest BCUT2D eigenvalue weighted by molar-refractivity contribution is -0.330. The quantitative estimate of drug-likeness (QED) is 0.549. The van der Waals surface area contributed by atoms with Crippen molar-refractivity contribution in [2.24, 2.45) is 34.5 Å². The Labute approximate surface area is 158 Å². The van der Waals surface area contributed by atoms with Gasteiger partial charge < -0.3 is 24.8 Å². The number of allylic oxidation sites excluding steroid dienone is 1. The summed E-state index contributed by atoms with van der Waals surface area (Å²) in [7, 11) is 0. The van der Waals surface area contributed by atoms with Crippen molar-refractivity contribution in [3.05, 3.63) is 23.3 Å². The van der Waals surface area contributed by atoms with E-state index >= 15 is 0 Å². The summed E-state index contributed by atoms with van der Waals surface area (Å²) in [5.74, 6) is 0.0732. The minimum atomic E-state index is -1.85. The van der Waals surface area contributed by atoms with Crippen LogP contribution in [-0.4, -0.2) is 52.0 Å². The maximum atomic E-state index is 14.0. The Kier molecular flexibility index (Phi) is 3.40. The summed E-state index contributed by atoms with van der Waals surface area (Å²) in [6.07, 6.45) is 2.28. The Balaban J connectivity index is 1.77. The van der Waals surface area contributed by atoms with Crippen LogP contribution in [0.1, 0.15) is 34.1 Å². The fourth-order valence-corrected chi connectivity index (χ4v) is 6.91. The summed E-state index contributed by atoms with van der Waals surface area (Å²) in [6.45, 7) is 6.74. The molecule has 2 bridgehead atoms. The first-order valence-corrected chi connectivity index (χ1v) is 9.86. The molecule has 1 aliphatic heterocycles. The van der Waals surface area contributed by atoms with Crippen LogP contribution in [0.5, 0.6) is 0 Å². The Bertz CT molecular complexity index is 784. The fourth-order valence-electron chi connectivity index (χ4n) is 6.91. The topological polar surface area (TPSA) is 96.2 Å². The maximum Gasteiger partial charge on any atom is 0.270 e. The third-order valence-corrected chi connectivity index (χ3v) is 8.36. The number of ether oxygens (including phenoxy) is 2. The van der Waals surface area contributed by atoms with Crippen molar-refractivity contribution < 1.29 is 29.6 Å². The van der Waals surface area contributed by atoms with Crippen LogP contribution in [0.4, 0.5) is 0 Å². The molecule has 1 unspecified atom stereocenters. The number of ketones is 1. The van der Waals surface area contributed by atoms with E-state index < -0.39 is 29.7 Å². The molecular weight excluding hydrogens is 348 g/mol. The molecule has 4 aliphatic carbocycles. The fraction of sp³-hybridized carbons (Fsp3) is 0.762. The Hall–Kier alpha value is -1.05. The van der Waals surface area contributed by atoms with Crippen LogP contribution in [0.15, 0.2) is 23.3 Å². The van der Waals surface area contributed by atoms with E-state index in [-0.39, 0.29) is 35.6 Å². The van der Waals surface area contributed by atoms with E-state index in [0.29, 0.717) is 17.1 Å². The van der Waals surface area contributed by atoms with Gasteiger partial charge in [0.05, 0.1) is 12.0 Å². The smallest absolute Gasteiger partial charge is 0.270 e. The number of Topliss-reactive ketones (excluding diaryl/α,β-unsaturated/α-hetero) is 1. The van der Waals surface area contributed by atoms with Crippen LogP contribution in [0, 0.1) is 34.5 Å². The molecule has 0 aromatic carbocycles. The van der Waals surface area contributed by atoms with Crippen molar-refractivity contribution in [2.75, 3.05) is 6.61 Å². The average molecular weight is 376 g/mol. The first kappa shape index (κ1) is 18.0. The maximum absolute atomic E-state index is 14.0. The van der Waals surface area contributed by atoms with E-state index in [9.17, 15) is 20.1 Å². The van der Waals surface area contributed by atoms with Crippen molar-refractivity contribution >= 4 is 5.78 Å². The first-order chi connectivity index (χ1) is 12.6. The molecule has 1 spiro atoms. The largest absolute Gasteiger partial charge is 0.386 e. The van der Waals surface area contributed by atoms with Crippen LogP contribution in [0.25, 0.3) is 0 Å². The van der Waals surface area contributed by atoms with E-state index in [1.165, 1.54) is 0 Å². The van der Waals surface area contributed by atoms with Crippen LogP contribution < -0.4 is 0 Å². The van der Waals surface area contributed by atoms with E-state index in [4.69, 9.17) is 9.47 Å². The van der Waals surface area contributed by atoms with Crippen LogP contribution in [0.2, 0.25) is 0 Å². The van der Waals surface area contributed by atoms with E-state index in [0.717, 1.165) is 6.42 Å². The van der Waals surface area contributed by atoms with Gasteiger partial charge in [0.25, 0.3) is 6.48 Å². The second kappa shape index (κ2) is 5.10. The van der Waals surface area contributed by atoms with Crippen molar-refractivity contribution in [3.63, 3.8) is 0 Å². The molecule has 3 N–H and O–H groups in total. The van der Waals surface area contributed by atoms with E-state index in [1.807, 2.05) is 13.0 Å². The lowest BCUT2D eigenvalue weighted by Gasteiger charge is -2.50. The van der Waals surface area contributed by atoms with Gasteiger partial charge in [-0.05, 0) is 47.7 Å². The highest BCUT2D eigenvalue weighted by Crippen LogP contribution is 2.71. The summed E-state index contributed by atoms with van der Waals surface area (Å²) < 4.78 is 10.9. The zero-order valence-electron chi connectivity index (χ0n) is 16.2. The highest BCUT2D eigenvalue weighted by Gasteiger charge is 2.76. The number of carbonyl (C=O) groups is 1. The molecule has 3 fully saturated rings. The average Bonchev–Trinajstić information content (AvgIpc) is 3.11. The van der Waals surface area contributed by atoms with Crippen molar-refractivity contribution in [2.45, 2.75) is 58.4 Å². The molecule has 2 saturated carbocycles. The number of fused-ring (bicyclic) bond motifs is 5. The van der Waals surface area contributed by atoms with Gasteiger partial charge in [0.15, 0.2) is 5.78 Å². The SMILES string of the molecule is CC1=C[C@]23C(=O)[C@@H](C=C4COC(O)O[C@H]4[C@]2(O)[C@H]1O)[C@@H]1[C@@H](C[C@H]3C)C1(C)C. The van der Waals surface area contributed by atoms with Crippen LogP contribution >= 0.6 is 0 Å². The molecule has 148 valence electrons. The minimum absolute atomic E-state index is 0.0357. The molecule has 6 nitrogen and oxygen atoms in total. The minimum Gasteiger partial charge on any atom is -0.386 e. The predicted molar refractivity (Wildman–Crippen MR) is 95.1 cm³/mol. The van der Waals surface area contributed by atoms with E-state index in [2.05, 4.69) is 13.8 Å². The third-order valence-electron chi connectivity index (χ3n) is 8.36. The molecular formula is C21H28O6. The number of hydrogen-bond donors (Lipinski definition) is 3. The van der Waals surface area contributed by atoms with Gasteiger partial charge in [0.1, 0.15) is 17.8 Å². The molecule has 5 rings (SSSR count). The van der Waals surface area contributed by atoms with Gasteiger partial charge in [-0.25, -0.2) is 0 Å². The lowest BCUT2D eigenvalue weighted by atomic mass is 9.59. The van der Waals surface area contributed by atoms with Crippen molar-refractivity contribution in [3.8, 4) is 0 Å². The number of carbonyl (C=O) groups excluding carboxylic acids is 1. The molecule has 1 saturated heterocycles. The second-order valence-corrected chi connectivity index (χ2v) is 9.84. The summed E-state index contributed by atoms with van der Waals surface area (Å²) in [5.41, 5.74) is -1.79. The van der Waals surface area contributed by atoms with Gasteiger partial charge in [-0.1, -0.05) is 32.9 Å². The van der Waals surface area contributed by atoms with Crippen molar-refractivity contribution in [1.82, 2.24) is 0 Å². The second-order valence-electron chi connectivity index (χ2n) is 9.84. The Morgan fingerprint density at radius 2 is 1.96 bits per heavy atom. The number of aliphatic hydroxyl groups excluding tert-OH is 2. The monoisotopic (exact) mass is 376 g/mol. The Morgan fingerprint density at radius 1 is 1.26 bits per heavy atom. The van der Waals surface area contributed by atoms with Crippen LogP contribution in [-0.2, 0) is 14.3 Å². The number of aliphatic hydroxyl groups is 3. The van der Waals surface area contributed by atoms with Crippen LogP contribution in [0.3, 0.4) is 0 Å². The summed E-state index contributed by atoms with van der Waals surface area (Å²) in [6, 6.07) is 0. The predicted octanol–water partition coefficient (Wildman–Crippen LogP) is 1.15. The molecule has 1 heterocycles. The molecule has 5 aliphatic rings. The highest BCUT2D eigenvalue weighted by molar-refractivity contribution is 5.95. The lowest BCUT2D eigenvalue weighted by Crippen LogP contribution is -2.67. The summed E-state index contributed by atoms with van der Waals surface area (Å²) in [5, 5.41) is 32.9. The first-order valence-electron chi connectivity index (χ1n) is 9.86. The number of rotatable bonds is 0. The normalized spacial score (nSPS) is 55.4. The standard InChI is InChI=1S/C21H28O6/c1-9-7-20-10(2)5-13-14(19(13,3)4)12(16(20)23)6-11-8-26-18(24)27-17(11)21(20,25)15(9)22/h6-7,10,12-15,17-18,22,24-25H,5,8H2,1-4H3/t10-,12+,13-,14-,15+,17-,18?,20+,21-/m1/s1. The van der Waals surface area contributed by atoms with E-state index in [1.54, 1.807) is 13.0 Å². The van der Waals surface area contributed by atoms with Gasteiger partial charge in [0.2, 0.25) is 0 Å². The summed E-state index contributed by atoms with van der Waals surface area (Å²) >= 11 is 0. The zero-order valence-corrected chi connectivity index (χ0v) is 16.2. The highest BCUT2D eigenvalue weighted by atomic mass is 16.8. The van der Waals surface area contributed by atoms with Gasteiger partial charge >= 0.3 is 0 Å². The number of hydrogen-bond acceptors (Lipinski definition) is 6. The van der Waals surface area contributed by atoms with Gasteiger partial charge in [-0.3, -0.25) is 4.79 Å². The molecule has 9 atom stereocenters. The molecule has 27 heavy (non-hydrogen) atoms.